The molecule has 0 radical (unpaired) electrons. The maximum Gasteiger partial charge on any atom is 0.434 e. The molecule has 0 unspecified atom stereocenters. The van der Waals surface area contributed by atoms with E-state index in [0.29, 0.717) is 18.2 Å². The van der Waals surface area contributed by atoms with Crippen molar-refractivity contribution >= 4 is 15.7 Å². The van der Waals surface area contributed by atoms with Gasteiger partial charge in [0, 0.05) is 6.07 Å². The monoisotopic (exact) mass is 338 g/mol. The lowest BCUT2D eigenvalue weighted by molar-refractivity contribution is -0.299. The minimum absolute atomic E-state index is 0.504. The second kappa shape index (κ2) is 5.26. The van der Waals surface area contributed by atoms with E-state index >= 15 is 0 Å². The van der Waals surface area contributed by atoms with Gasteiger partial charge in [-0.2, -0.15) is 26.3 Å². The minimum Gasteiger partial charge on any atom is -0.471 e. The quantitative estimate of drug-likeness (QED) is 0.649. The van der Waals surface area contributed by atoms with Gasteiger partial charge < -0.3 is 10.5 Å². The molecule has 21 heavy (non-hydrogen) atoms. The fourth-order valence-electron chi connectivity index (χ4n) is 1.31. The van der Waals surface area contributed by atoms with E-state index in [1.165, 1.54) is 0 Å². The molecule has 0 bridgehead atoms. The average molecular weight is 338 g/mol. The van der Waals surface area contributed by atoms with E-state index in [0.717, 1.165) is 0 Å². The Morgan fingerprint density at radius 1 is 1.05 bits per heavy atom. The van der Waals surface area contributed by atoms with Crippen LogP contribution < -0.4 is 15.6 Å². The number of hydrogen-bond acceptors (Lipinski definition) is 4. The number of alkyl halides is 6. The van der Waals surface area contributed by atoms with Crippen LogP contribution in [0.5, 0.6) is 5.75 Å². The topological polar surface area (TPSA) is 95.4 Å². The Hall–Kier alpha value is -1.69. The van der Waals surface area contributed by atoms with Crippen molar-refractivity contribution in [3.63, 3.8) is 0 Å². The third-order valence-electron chi connectivity index (χ3n) is 2.14. The third kappa shape index (κ3) is 4.39. The summed E-state index contributed by atoms with van der Waals surface area (Å²) in [4.78, 5) is -0.648. The molecule has 0 fully saturated rings. The second-order valence-corrected chi connectivity index (χ2v) is 5.36. The molecule has 0 saturated carbocycles. The predicted molar refractivity (Wildman–Crippen MR) is 58.8 cm³/mol. The van der Waals surface area contributed by atoms with Crippen molar-refractivity contribution in [3.05, 3.63) is 18.2 Å². The summed E-state index contributed by atoms with van der Waals surface area (Å²) in [6.07, 6.45) is -15.5. The number of nitrogen functional groups attached to an aromatic ring is 1. The molecule has 1 rings (SSSR count). The van der Waals surface area contributed by atoms with Crippen molar-refractivity contribution < 1.29 is 39.5 Å². The van der Waals surface area contributed by atoms with E-state index < -0.39 is 44.8 Å². The Kier molecular flexibility index (Phi) is 4.34. The van der Waals surface area contributed by atoms with Crippen molar-refractivity contribution in [2.45, 2.75) is 23.4 Å². The van der Waals surface area contributed by atoms with E-state index in [1.54, 1.807) is 0 Å². The van der Waals surface area contributed by atoms with Gasteiger partial charge in [0.25, 0.3) is 6.10 Å². The van der Waals surface area contributed by atoms with Crippen LogP contribution >= 0.6 is 0 Å². The van der Waals surface area contributed by atoms with Gasteiger partial charge in [0.15, 0.2) is 0 Å². The summed E-state index contributed by atoms with van der Waals surface area (Å²) in [6, 6.07) is 1.73. The number of nitrogens with two attached hydrogens (primary N) is 2. The second-order valence-electron chi connectivity index (χ2n) is 3.83. The first kappa shape index (κ1) is 17.4. The van der Waals surface area contributed by atoms with Crippen molar-refractivity contribution in [3.8, 4) is 5.75 Å². The number of anilines is 1. The molecule has 12 heteroatoms. The molecule has 120 valence electrons. The zero-order valence-corrected chi connectivity index (χ0v) is 10.7. The summed E-state index contributed by atoms with van der Waals surface area (Å²) in [5.41, 5.74) is 4.56. The maximum atomic E-state index is 12.3. The lowest BCUT2D eigenvalue weighted by Gasteiger charge is -2.24. The molecular formula is C9H8F6N2O3S. The highest BCUT2D eigenvalue weighted by atomic mass is 32.2. The first-order valence-electron chi connectivity index (χ1n) is 4.95. The molecule has 0 aliphatic rings. The molecule has 0 aromatic heterocycles. The van der Waals surface area contributed by atoms with Gasteiger partial charge in [0.1, 0.15) is 10.6 Å². The molecular weight excluding hydrogens is 330 g/mol. The average Bonchev–Trinajstić information content (AvgIpc) is 2.20. The first-order chi connectivity index (χ1) is 9.23. The largest absolute Gasteiger partial charge is 0.471 e. The number of benzene rings is 1. The van der Waals surface area contributed by atoms with Gasteiger partial charge in [-0.25, -0.2) is 13.6 Å². The third-order valence-corrected chi connectivity index (χ3v) is 3.12. The Balaban J connectivity index is 3.16. The van der Waals surface area contributed by atoms with E-state index in [1.807, 2.05) is 0 Å². The Morgan fingerprint density at radius 2 is 1.52 bits per heavy atom. The molecule has 0 amide bonds. The fraction of sp³-hybridized carbons (Fsp3) is 0.333. The zero-order valence-electron chi connectivity index (χ0n) is 9.86. The SMILES string of the molecule is Nc1cc(OC(C(F)(F)F)C(F)(F)F)ccc1S(N)(=O)=O. The molecule has 1 aromatic rings. The number of hydrogen-bond donors (Lipinski definition) is 2. The Morgan fingerprint density at radius 3 is 1.86 bits per heavy atom. The van der Waals surface area contributed by atoms with Crippen LogP contribution in [0.15, 0.2) is 23.1 Å². The molecule has 4 N–H and O–H groups in total. The van der Waals surface area contributed by atoms with Crippen LogP contribution in [0.4, 0.5) is 32.0 Å². The van der Waals surface area contributed by atoms with Crippen molar-refractivity contribution in [2.75, 3.05) is 5.73 Å². The van der Waals surface area contributed by atoms with Crippen LogP contribution in [-0.4, -0.2) is 26.9 Å². The number of halogens is 6. The van der Waals surface area contributed by atoms with Gasteiger partial charge in [-0.1, -0.05) is 0 Å². The Labute approximate surface area is 114 Å². The van der Waals surface area contributed by atoms with E-state index in [-0.39, 0.29) is 0 Å². The molecule has 0 atom stereocenters. The molecule has 0 saturated heterocycles. The van der Waals surface area contributed by atoms with Gasteiger partial charge in [-0.05, 0) is 12.1 Å². The summed E-state index contributed by atoms with van der Waals surface area (Å²) in [5.74, 6) is -0.903. The van der Waals surface area contributed by atoms with Gasteiger partial charge in [-0.15, -0.1) is 0 Å². The van der Waals surface area contributed by atoms with Crippen molar-refractivity contribution in [2.24, 2.45) is 5.14 Å². The van der Waals surface area contributed by atoms with E-state index in [4.69, 9.17) is 10.9 Å². The van der Waals surface area contributed by atoms with Crippen LogP contribution in [0.3, 0.4) is 0 Å². The highest BCUT2D eigenvalue weighted by Crippen LogP contribution is 2.37. The summed E-state index contributed by atoms with van der Waals surface area (Å²) in [7, 11) is -4.26. The van der Waals surface area contributed by atoms with Crippen molar-refractivity contribution in [1.82, 2.24) is 0 Å². The van der Waals surface area contributed by atoms with Gasteiger partial charge in [0.2, 0.25) is 10.0 Å². The number of primary sulfonamides is 1. The highest BCUT2D eigenvalue weighted by Gasteiger charge is 2.59. The zero-order chi connectivity index (χ0) is 16.6. The molecule has 1 aromatic carbocycles. The van der Waals surface area contributed by atoms with Crippen LogP contribution in [-0.2, 0) is 10.0 Å². The van der Waals surface area contributed by atoms with Crippen LogP contribution in [0, 0.1) is 0 Å². The normalized spacial score (nSPS) is 13.5. The highest BCUT2D eigenvalue weighted by molar-refractivity contribution is 7.89. The first-order valence-corrected chi connectivity index (χ1v) is 6.50. The predicted octanol–water partition coefficient (Wildman–Crippen LogP) is 1.79. The van der Waals surface area contributed by atoms with Crippen molar-refractivity contribution in [1.29, 1.82) is 0 Å². The van der Waals surface area contributed by atoms with Crippen LogP contribution in [0.2, 0.25) is 0 Å². The fourth-order valence-corrected chi connectivity index (χ4v) is 1.96. The molecule has 5 nitrogen and oxygen atoms in total. The molecule has 0 aliphatic heterocycles. The molecule has 0 aliphatic carbocycles. The smallest absolute Gasteiger partial charge is 0.434 e. The van der Waals surface area contributed by atoms with E-state index in [9.17, 15) is 34.8 Å². The Bertz CT molecular complexity index is 611. The minimum atomic E-state index is -5.70. The molecule has 0 heterocycles. The summed E-state index contributed by atoms with van der Waals surface area (Å²) >= 11 is 0. The number of sulfonamides is 1. The summed E-state index contributed by atoms with van der Waals surface area (Å²) in [6.45, 7) is 0. The number of ether oxygens (including phenoxy) is 1. The number of rotatable bonds is 3. The lowest BCUT2D eigenvalue weighted by atomic mass is 10.3. The lowest BCUT2D eigenvalue weighted by Crippen LogP contribution is -2.46. The summed E-state index contributed by atoms with van der Waals surface area (Å²) < 4.78 is 99.5. The van der Waals surface area contributed by atoms with Gasteiger partial charge in [-0.3, -0.25) is 0 Å². The molecule has 0 spiro atoms. The van der Waals surface area contributed by atoms with Crippen LogP contribution in [0.25, 0.3) is 0 Å². The van der Waals surface area contributed by atoms with E-state index in [2.05, 4.69) is 4.74 Å². The maximum absolute atomic E-state index is 12.3. The summed E-state index contributed by atoms with van der Waals surface area (Å²) in [5, 5.41) is 4.74. The standard InChI is InChI=1S/C9H8F6N2O3S/c10-8(11,12)7(9(13,14)15)20-4-1-2-6(5(16)3-4)21(17,18)19/h1-3,7H,16H2,(H2,17,18,19). The van der Waals surface area contributed by atoms with Gasteiger partial charge >= 0.3 is 12.4 Å². The van der Waals surface area contributed by atoms with Crippen LogP contribution in [0.1, 0.15) is 0 Å². The van der Waals surface area contributed by atoms with Gasteiger partial charge in [0.05, 0.1) is 5.69 Å².